The minimum Gasteiger partial charge on any atom is -0.230 e. The van der Waals surface area contributed by atoms with Crippen LogP contribution in [0.3, 0.4) is 0 Å². The van der Waals surface area contributed by atoms with Crippen LogP contribution in [0.1, 0.15) is 0 Å². The smallest absolute Gasteiger partial charge is 0.223 e. The molecule has 0 heterocycles. The van der Waals surface area contributed by atoms with Crippen molar-refractivity contribution in [2.45, 2.75) is 5.54 Å². The molecule has 6 aliphatic rings. The van der Waals surface area contributed by atoms with E-state index in [9.17, 15) is 20.2 Å². The highest BCUT2D eigenvalue weighted by atomic mass is 16.8. The Labute approximate surface area is 83.3 Å². The van der Waals surface area contributed by atoms with Crippen molar-refractivity contribution in [3.63, 3.8) is 0 Å². The molecule has 0 aromatic rings. The zero-order chi connectivity index (χ0) is 10.3. The van der Waals surface area contributed by atoms with Gasteiger partial charge in [0.2, 0.25) is 10.1 Å². The van der Waals surface area contributed by atoms with E-state index in [2.05, 4.69) is 0 Å². The third-order valence-electron chi connectivity index (χ3n) is 6.08. The van der Waals surface area contributed by atoms with Crippen LogP contribution >= 0.6 is 0 Å². The lowest BCUT2D eigenvalue weighted by molar-refractivity contribution is -0.955. The molecule has 6 aliphatic carbocycles. The Bertz CT molecular complexity index is 398. The quantitative estimate of drug-likeness (QED) is 0.474. The Morgan fingerprint density at radius 2 is 1.27 bits per heavy atom. The highest BCUT2D eigenvalue weighted by Gasteiger charge is 3.10. The summed E-state index contributed by atoms with van der Waals surface area (Å²) in [4.78, 5) is 21.5. The summed E-state index contributed by atoms with van der Waals surface area (Å²) in [6.45, 7) is 0. The van der Waals surface area contributed by atoms with E-state index in [1.807, 2.05) is 0 Å². The van der Waals surface area contributed by atoms with Crippen LogP contribution in [0.2, 0.25) is 0 Å². The van der Waals surface area contributed by atoms with Crippen LogP contribution in [-0.4, -0.2) is 20.7 Å². The summed E-state index contributed by atoms with van der Waals surface area (Å²) in [5.74, 6) is 3.54. The lowest BCUT2D eigenvalue weighted by atomic mass is 8.98. The molecule has 7 nitrogen and oxygen atoms in total. The number of nitrogens with zero attached hydrogens (tertiary/aromatic N) is 3. The largest absolute Gasteiger partial charge is 0.230 e. The molecule has 0 spiro atoms. The van der Waals surface area contributed by atoms with Gasteiger partial charge in [-0.2, -0.15) is 0 Å². The van der Waals surface area contributed by atoms with Gasteiger partial charge in [-0.25, -0.2) is 20.2 Å². The van der Waals surface area contributed by atoms with Crippen LogP contribution in [0.4, 0.5) is 0 Å². The van der Waals surface area contributed by atoms with Gasteiger partial charge in [0.05, 0.1) is 0 Å². The lowest BCUT2D eigenvalue weighted by Gasteiger charge is -3.04. The highest BCUT2D eigenvalue weighted by Crippen LogP contribution is 3.03. The Balaban J connectivity index is 1.61. The van der Waals surface area contributed by atoms with Crippen LogP contribution in [0.25, 0.3) is 0 Å². The molecule has 0 aliphatic heterocycles. The van der Waals surface area contributed by atoms with Gasteiger partial charge < -0.3 is 0 Å². The zero-order valence-electron chi connectivity index (χ0n) is 7.52. The molecule has 6 saturated carbocycles. The first-order chi connectivity index (χ1) is 7.13. The molecule has 0 saturated heterocycles. The number of rotatable bonds is 3. The first-order valence-electron chi connectivity index (χ1n) is 5.22. The van der Waals surface area contributed by atoms with Crippen molar-refractivity contribution in [3.05, 3.63) is 20.2 Å². The summed E-state index contributed by atoms with van der Waals surface area (Å²) in [6, 6.07) is 0. The normalized spacial score (nSPS) is 67.3. The fourth-order valence-corrected chi connectivity index (χ4v) is 6.11. The maximum atomic E-state index is 10.7. The molecule has 6 rings (SSSR count). The summed E-state index contributed by atoms with van der Waals surface area (Å²) in [6.07, 6.45) is 0. The second-order valence-electron chi connectivity index (χ2n) is 5.54. The van der Waals surface area contributed by atoms with E-state index in [0.717, 1.165) is 5.92 Å². The van der Waals surface area contributed by atoms with Gasteiger partial charge in [-0.3, -0.25) is 0 Å². The molecule has 78 valence electrons. The molecular weight excluding hydrogens is 202 g/mol. The Kier molecular flexibility index (Phi) is 0.658. The third-order valence-corrected chi connectivity index (χ3v) is 6.08. The summed E-state index contributed by atoms with van der Waals surface area (Å²) in [5.41, 5.74) is -0.637. The van der Waals surface area contributed by atoms with E-state index in [1.165, 1.54) is 0 Å². The van der Waals surface area contributed by atoms with Crippen LogP contribution in [0.5, 0.6) is 0 Å². The van der Waals surface area contributed by atoms with E-state index in [-0.39, 0.29) is 0 Å². The predicted molar refractivity (Wildman–Crippen MR) is 43.0 cm³/mol. The van der Waals surface area contributed by atoms with Gasteiger partial charge in [0.25, 0.3) is 0 Å². The molecule has 0 atom stereocenters. The summed E-state index contributed by atoms with van der Waals surface area (Å²) < 4.78 is 0. The van der Waals surface area contributed by atoms with Crippen molar-refractivity contribution in [2.75, 3.05) is 0 Å². The molecular formula is C8H7N3O4. The molecule has 0 bridgehead atoms. The number of hydrazine groups is 2. The van der Waals surface area contributed by atoms with E-state index < -0.39 is 15.6 Å². The summed E-state index contributed by atoms with van der Waals surface area (Å²) in [5, 5.41) is 20.2. The first kappa shape index (κ1) is 6.97. The third kappa shape index (κ3) is 0.319. The van der Waals surface area contributed by atoms with Crippen molar-refractivity contribution in [1.82, 2.24) is 5.12 Å². The van der Waals surface area contributed by atoms with Crippen molar-refractivity contribution in [2.24, 2.45) is 41.4 Å². The molecule has 0 amide bonds. The van der Waals surface area contributed by atoms with Crippen molar-refractivity contribution >= 4 is 0 Å². The number of hydrogen-bond donors (Lipinski definition) is 0. The van der Waals surface area contributed by atoms with E-state index >= 15 is 0 Å². The maximum absolute atomic E-state index is 10.7. The average molecular weight is 209 g/mol. The van der Waals surface area contributed by atoms with Gasteiger partial charge in [0, 0.05) is 17.8 Å². The molecule has 0 aromatic heterocycles. The summed E-state index contributed by atoms with van der Waals surface area (Å²) >= 11 is 0. The van der Waals surface area contributed by atoms with Crippen LogP contribution in [0.15, 0.2) is 0 Å². The predicted octanol–water partition coefficient (Wildman–Crippen LogP) is -0.208. The van der Waals surface area contributed by atoms with E-state index in [4.69, 9.17) is 0 Å². The minimum absolute atomic E-state index is 0.290. The fourth-order valence-electron chi connectivity index (χ4n) is 6.11. The van der Waals surface area contributed by atoms with E-state index in [0.29, 0.717) is 40.6 Å². The van der Waals surface area contributed by atoms with Gasteiger partial charge in [0.1, 0.15) is 0 Å². The molecule has 0 radical (unpaired) electrons. The fraction of sp³-hybridized carbons (Fsp3) is 1.00. The molecule has 7 heteroatoms. The van der Waals surface area contributed by atoms with Crippen LogP contribution in [-0.2, 0) is 0 Å². The van der Waals surface area contributed by atoms with Gasteiger partial charge in [-0.15, -0.1) is 0 Å². The van der Waals surface area contributed by atoms with Crippen molar-refractivity contribution in [3.8, 4) is 0 Å². The second-order valence-corrected chi connectivity index (χ2v) is 5.54. The summed E-state index contributed by atoms with van der Waals surface area (Å²) in [7, 11) is 0. The monoisotopic (exact) mass is 209 g/mol. The SMILES string of the molecule is O=[N+]([O-])N([N+](=O)[O-])C12C3C4C5C3C1C5C42. The minimum atomic E-state index is -0.818. The highest BCUT2D eigenvalue weighted by molar-refractivity contribution is 5.53. The molecule has 0 unspecified atom stereocenters. The van der Waals surface area contributed by atoms with Crippen LogP contribution < -0.4 is 0 Å². The molecule has 0 N–H and O–H groups in total. The van der Waals surface area contributed by atoms with E-state index in [1.54, 1.807) is 0 Å². The van der Waals surface area contributed by atoms with Gasteiger partial charge in [0.15, 0.2) is 10.7 Å². The zero-order valence-corrected chi connectivity index (χ0v) is 7.52. The maximum Gasteiger partial charge on any atom is 0.223 e. The van der Waals surface area contributed by atoms with Gasteiger partial charge in [-0.1, -0.05) is 0 Å². The Morgan fingerprint density at radius 3 is 1.60 bits per heavy atom. The molecule has 6 fully saturated rings. The first-order valence-corrected chi connectivity index (χ1v) is 5.22. The second kappa shape index (κ2) is 1.42. The Morgan fingerprint density at radius 1 is 0.867 bits per heavy atom. The van der Waals surface area contributed by atoms with Gasteiger partial charge in [-0.05, 0) is 23.7 Å². The lowest BCUT2D eigenvalue weighted by Crippen LogP contribution is -3.11. The standard InChI is InChI=1S/C8H7N3O4/c12-10(13)9(11(14)15)8-5-2-1-3(5)7(8)4(1)6(2)8/h1-7H. The topological polar surface area (TPSA) is 89.5 Å². The van der Waals surface area contributed by atoms with Crippen LogP contribution in [0, 0.1) is 61.7 Å². The number of nitro groups is 2. The Hall–Kier alpha value is -1.40. The van der Waals surface area contributed by atoms with Crippen molar-refractivity contribution in [1.29, 1.82) is 0 Å². The van der Waals surface area contributed by atoms with Gasteiger partial charge >= 0.3 is 0 Å². The van der Waals surface area contributed by atoms with Crippen molar-refractivity contribution < 1.29 is 10.1 Å². The molecule has 0 aromatic carbocycles. The average Bonchev–Trinajstić information content (AvgIpc) is 2.17. The number of hydrogen-bond acceptors (Lipinski definition) is 4. The molecule has 15 heavy (non-hydrogen) atoms.